The van der Waals surface area contributed by atoms with Crippen LogP contribution in [0.25, 0.3) is 22.3 Å². The highest BCUT2D eigenvalue weighted by Gasteiger charge is 2.15. The molecule has 36 heavy (non-hydrogen) atoms. The summed E-state index contributed by atoms with van der Waals surface area (Å²) in [5.41, 5.74) is 6.47. The quantitative estimate of drug-likeness (QED) is 0.213. The molecular formula is C29H38N2O4S. The highest BCUT2D eigenvalue weighted by Crippen LogP contribution is 2.40. The first kappa shape index (κ1) is 27.6. The van der Waals surface area contributed by atoms with Crippen LogP contribution < -0.4 is 14.5 Å². The second kappa shape index (κ2) is 12.8. The number of benzene rings is 3. The van der Waals surface area contributed by atoms with Gasteiger partial charge in [-0.1, -0.05) is 36.4 Å². The molecule has 6 nitrogen and oxygen atoms in total. The Kier molecular flexibility index (Phi) is 9.79. The van der Waals surface area contributed by atoms with Gasteiger partial charge in [0.2, 0.25) is 0 Å². The van der Waals surface area contributed by atoms with Crippen LogP contribution in [-0.4, -0.2) is 51.5 Å². The van der Waals surface area contributed by atoms with Gasteiger partial charge in [0, 0.05) is 43.1 Å². The lowest BCUT2D eigenvalue weighted by Gasteiger charge is -2.23. The van der Waals surface area contributed by atoms with Gasteiger partial charge in [0.05, 0.1) is 12.4 Å². The fraction of sp³-hybridized carbons (Fsp3) is 0.379. The van der Waals surface area contributed by atoms with E-state index in [2.05, 4.69) is 92.1 Å². The van der Waals surface area contributed by atoms with Crippen molar-refractivity contribution in [2.24, 2.45) is 0 Å². The Balaban J connectivity index is 2.02. The van der Waals surface area contributed by atoms with Crippen molar-refractivity contribution >= 4 is 21.5 Å². The first-order valence-electron chi connectivity index (χ1n) is 12.7. The van der Waals surface area contributed by atoms with Crippen molar-refractivity contribution in [3.63, 3.8) is 0 Å². The van der Waals surface area contributed by atoms with Crippen LogP contribution in [0.5, 0.6) is 5.75 Å². The third-order valence-corrected chi connectivity index (χ3v) is 7.23. The molecule has 0 amide bonds. The van der Waals surface area contributed by atoms with E-state index in [1.54, 1.807) is 0 Å². The van der Waals surface area contributed by atoms with Crippen molar-refractivity contribution in [3.8, 4) is 28.0 Å². The highest BCUT2D eigenvalue weighted by atomic mass is 32.2. The third-order valence-electron chi connectivity index (χ3n) is 6.42. The van der Waals surface area contributed by atoms with Gasteiger partial charge in [-0.3, -0.25) is 4.55 Å². The first-order chi connectivity index (χ1) is 17.3. The van der Waals surface area contributed by atoms with Gasteiger partial charge >= 0.3 is 0 Å². The van der Waals surface area contributed by atoms with E-state index in [-0.39, 0.29) is 18.8 Å². The molecule has 0 bridgehead atoms. The van der Waals surface area contributed by atoms with Crippen molar-refractivity contribution in [1.29, 1.82) is 0 Å². The summed E-state index contributed by atoms with van der Waals surface area (Å²) >= 11 is 0. The fourth-order valence-electron chi connectivity index (χ4n) is 4.48. The predicted molar refractivity (Wildman–Crippen MR) is 151 cm³/mol. The van der Waals surface area contributed by atoms with Crippen LogP contribution in [0, 0.1) is 0 Å². The summed E-state index contributed by atoms with van der Waals surface area (Å²) in [7, 11) is -4.01. The Morgan fingerprint density at radius 2 is 1.22 bits per heavy atom. The van der Waals surface area contributed by atoms with Crippen LogP contribution in [0.3, 0.4) is 0 Å². The second-order valence-electron chi connectivity index (χ2n) is 8.61. The molecule has 0 fully saturated rings. The minimum atomic E-state index is -4.01. The lowest BCUT2D eigenvalue weighted by molar-refractivity contribution is 0.317. The topological polar surface area (TPSA) is 70.1 Å². The maximum absolute atomic E-state index is 11.1. The number of hydrogen-bond acceptors (Lipinski definition) is 5. The van der Waals surface area contributed by atoms with Crippen molar-refractivity contribution in [2.45, 2.75) is 34.1 Å². The monoisotopic (exact) mass is 510 g/mol. The van der Waals surface area contributed by atoms with E-state index in [9.17, 15) is 8.42 Å². The second-order valence-corrected chi connectivity index (χ2v) is 10.2. The number of nitrogens with zero attached hydrogens (tertiary/aromatic N) is 2. The standard InChI is InChI=1S/C29H38N2O4S/c1-5-30(6-2)25-17-13-23(14-18-25)27-11-9-12-28(35-21-10-22-36(32,33)34)29(27)24-15-19-26(20-16-24)31(7-3)8-4/h9,11-20H,5-8,10,21-22H2,1-4H3,(H,32,33,34). The molecule has 194 valence electrons. The normalized spacial score (nSPS) is 11.4. The summed E-state index contributed by atoms with van der Waals surface area (Å²) in [6.45, 7) is 12.6. The van der Waals surface area contributed by atoms with Crippen LogP contribution in [0.2, 0.25) is 0 Å². The average Bonchev–Trinajstić information content (AvgIpc) is 2.88. The van der Waals surface area contributed by atoms with Crippen LogP contribution in [0.15, 0.2) is 66.7 Å². The van der Waals surface area contributed by atoms with Gasteiger partial charge in [-0.25, -0.2) is 0 Å². The van der Waals surface area contributed by atoms with Crippen LogP contribution >= 0.6 is 0 Å². The summed E-state index contributed by atoms with van der Waals surface area (Å²) in [6, 6.07) is 23.0. The molecule has 0 aliphatic carbocycles. The largest absolute Gasteiger partial charge is 0.493 e. The SMILES string of the molecule is CCN(CC)c1ccc(-c2cccc(OCCCS(=O)(=O)O)c2-c2ccc(N(CC)CC)cc2)cc1. The maximum Gasteiger partial charge on any atom is 0.264 e. The third kappa shape index (κ3) is 7.02. The summed E-state index contributed by atoms with van der Waals surface area (Å²) in [4.78, 5) is 4.61. The molecule has 3 aromatic carbocycles. The summed E-state index contributed by atoms with van der Waals surface area (Å²) in [6.07, 6.45) is 0.210. The van der Waals surface area contributed by atoms with E-state index in [0.717, 1.165) is 48.4 Å². The Bertz CT molecular complexity index is 1200. The Morgan fingerprint density at radius 1 is 0.722 bits per heavy atom. The number of hydrogen-bond donors (Lipinski definition) is 1. The Morgan fingerprint density at radius 3 is 1.69 bits per heavy atom. The Hall–Kier alpha value is -3.03. The van der Waals surface area contributed by atoms with E-state index < -0.39 is 10.1 Å². The maximum atomic E-state index is 11.1. The number of ether oxygens (including phenoxy) is 1. The van der Waals surface area contributed by atoms with E-state index in [0.29, 0.717) is 5.75 Å². The molecule has 0 aliphatic heterocycles. The van der Waals surface area contributed by atoms with Gasteiger partial charge in [0.15, 0.2) is 0 Å². The molecule has 0 saturated carbocycles. The van der Waals surface area contributed by atoms with Crippen molar-refractivity contribution in [1.82, 2.24) is 0 Å². The fourth-order valence-corrected chi connectivity index (χ4v) is 4.96. The average molecular weight is 511 g/mol. The van der Waals surface area contributed by atoms with Gasteiger partial charge < -0.3 is 14.5 Å². The van der Waals surface area contributed by atoms with E-state index in [1.807, 2.05) is 12.1 Å². The molecule has 0 spiro atoms. The predicted octanol–water partition coefficient (Wildman–Crippen LogP) is 6.37. The molecular weight excluding hydrogens is 472 g/mol. The van der Waals surface area contributed by atoms with Crippen LogP contribution in [0.4, 0.5) is 11.4 Å². The number of anilines is 2. The van der Waals surface area contributed by atoms with Crippen molar-refractivity contribution in [2.75, 3.05) is 48.3 Å². The smallest absolute Gasteiger partial charge is 0.264 e. The zero-order chi connectivity index (χ0) is 26.1. The first-order valence-corrected chi connectivity index (χ1v) is 14.3. The lowest BCUT2D eigenvalue weighted by Crippen LogP contribution is -2.21. The van der Waals surface area contributed by atoms with Gasteiger partial charge in [-0.05, 0) is 81.1 Å². The summed E-state index contributed by atoms with van der Waals surface area (Å²) in [5.74, 6) is 0.360. The van der Waals surface area contributed by atoms with Crippen LogP contribution in [0.1, 0.15) is 34.1 Å². The minimum absolute atomic E-state index is 0.189. The zero-order valence-corrected chi connectivity index (χ0v) is 22.6. The van der Waals surface area contributed by atoms with Gasteiger partial charge in [-0.2, -0.15) is 8.42 Å². The molecule has 3 aromatic rings. The van der Waals surface area contributed by atoms with Gasteiger partial charge in [0.25, 0.3) is 10.1 Å². The Labute approximate surface area is 216 Å². The molecule has 1 N–H and O–H groups in total. The summed E-state index contributed by atoms with van der Waals surface area (Å²) < 4.78 is 37.4. The van der Waals surface area contributed by atoms with Gasteiger partial charge in [0.1, 0.15) is 5.75 Å². The number of rotatable bonds is 13. The lowest BCUT2D eigenvalue weighted by atomic mass is 9.93. The van der Waals surface area contributed by atoms with E-state index in [1.165, 1.54) is 11.4 Å². The van der Waals surface area contributed by atoms with Gasteiger partial charge in [-0.15, -0.1) is 0 Å². The van der Waals surface area contributed by atoms with Crippen molar-refractivity contribution < 1.29 is 17.7 Å². The molecule has 0 heterocycles. The molecule has 0 aromatic heterocycles. The molecule has 0 unspecified atom stereocenters. The highest BCUT2D eigenvalue weighted by molar-refractivity contribution is 7.85. The zero-order valence-electron chi connectivity index (χ0n) is 21.8. The van der Waals surface area contributed by atoms with E-state index in [4.69, 9.17) is 9.29 Å². The van der Waals surface area contributed by atoms with E-state index >= 15 is 0 Å². The van der Waals surface area contributed by atoms with Crippen LogP contribution in [-0.2, 0) is 10.1 Å². The molecule has 0 aliphatic rings. The minimum Gasteiger partial charge on any atom is -0.493 e. The molecule has 0 radical (unpaired) electrons. The summed E-state index contributed by atoms with van der Waals surface area (Å²) in [5, 5.41) is 0. The molecule has 0 atom stereocenters. The molecule has 3 rings (SSSR count). The van der Waals surface area contributed by atoms with Crippen molar-refractivity contribution in [3.05, 3.63) is 66.7 Å². The molecule has 0 saturated heterocycles. The molecule has 7 heteroatoms.